The Hall–Kier alpha value is -4.94. The van der Waals surface area contributed by atoms with E-state index in [4.69, 9.17) is 11.6 Å². The van der Waals surface area contributed by atoms with Crippen molar-refractivity contribution in [3.8, 4) is 45.6 Å². The quantitative estimate of drug-likeness (QED) is 0.241. The largest absolute Gasteiger partial charge is 0.508 e. The van der Waals surface area contributed by atoms with Crippen LogP contribution >= 0.6 is 0 Å². The molecule has 39 heavy (non-hydrogen) atoms. The van der Waals surface area contributed by atoms with Crippen LogP contribution in [0.4, 0.5) is 5.69 Å². The van der Waals surface area contributed by atoms with Gasteiger partial charge in [-0.3, -0.25) is 4.98 Å². The summed E-state index contributed by atoms with van der Waals surface area (Å²) in [7, 11) is 1.92. The fourth-order valence-corrected chi connectivity index (χ4v) is 5.15. The van der Waals surface area contributed by atoms with Crippen LogP contribution in [0.5, 0.6) is 5.75 Å². The van der Waals surface area contributed by atoms with Gasteiger partial charge in [0.15, 0.2) is 0 Å². The minimum atomic E-state index is 0.0823. The third-order valence-corrected chi connectivity index (χ3v) is 7.20. The summed E-state index contributed by atoms with van der Waals surface area (Å²) < 4.78 is 1.95. The number of imidazole rings is 1. The molecule has 2 heterocycles. The van der Waals surface area contributed by atoms with E-state index in [2.05, 4.69) is 29.7 Å². The first-order valence-electron chi connectivity index (χ1n) is 13.0. The van der Waals surface area contributed by atoms with Gasteiger partial charge in [-0.15, -0.1) is 0 Å². The van der Waals surface area contributed by atoms with Gasteiger partial charge in [-0.2, -0.15) is 5.26 Å². The summed E-state index contributed by atoms with van der Waals surface area (Å²) in [5, 5.41) is 21.0. The third kappa shape index (κ3) is 4.31. The van der Waals surface area contributed by atoms with Gasteiger partial charge in [0.1, 0.15) is 17.6 Å². The molecule has 5 rings (SSSR count). The van der Waals surface area contributed by atoms with Gasteiger partial charge < -0.3 is 9.67 Å². The number of benzene rings is 3. The molecule has 0 bridgehead atoms. The lowest BCUT2D eigenvalue weighted by Gasteiger charge is -2.19. The van der Waals surface area contributed by atoms with E-state index in [-0.39, 0.29) is 17.6 Å². The summed E-state index contributed by atoms with van der Waals surface area (Å²) in [6.07, 6.45) is 1.69. The number of hydrogen-bond acceptors (Lipinski definition) is 4. The number of para-hydroxylation sites is 1. The Labute approximate surface area is 228 Å². The van der Waals surface area contributed by atoms with Crippen LogP contribution in [-0.2, 0) is 7.05 Å². The van der Waals surface area contributed by atoms with E-state index in [9.17, 15) is 10.4 Å². The summed E-state index contributed by atoms with van der Waals surface area (Å²) in [5.41, 5.74) is 8.13. The highest BCUT2D eigenvalue weighted by molar-refractivity contribution is 5.97. The predicted octanol–water partition coefficient (Wildman–Crippen LogP) is 8.34. The molecule has 0 saturated carbocycles. The van der Waals surface area contributed by atoms with Crippen molar-refractivity contribution in [1.82, 2.24) is 14.5 Å². The number of aryl methyl sites for hydroxylation is 1. The standard InChI is InChI=1S/C33H29N5O/c1-19(2)25-17-26(20(3)4)32(39)28(31(25)35-5)33-37-30-24(13-8-14-27(30)38(33)6)21-10-7-11-22(16-21)29-23(18-34)12-9-15-36-29/h7-17,19-20,39H,1-4,6H3. The molecule has 0 unspecified atom stereocenters. The minimum absolute atomic E-state index is 0.0823. The SMILES string of the molecule is [C-]#[N+]c1c(C(C)C)cc(C(C)C)c(O)c1-c1nc2c(-c3cccc(-c4ncccc4C#N)c3)cccc2n1C. The summed E-state index contributed by atoms with van der Waals surface area (Å²) in [6, 6.07) is 21.6. The lowest BCUT2D eigenvalue weighted by atomic mass is 9.89. The van der Waals surface area contributed by atoms with Crippen molar-refractivity contribution in [3.05, 3.63) is 95.0 Å². The highest BCUT2D eigenvalue weighted by Crippen LogP contribution is 2.47. The predicted molar refractivity (Wildman–Crippen MR) is 156 cm³/mol. The summed E-state index contributed by atoms with van der Waals surface area (Å²) in [5.74, 6) is 0.863. The lowest BCUT2D eigenvalue weighted by Crippen LogP contribution is -2.00. The topological polar surface area (TPSA) is 79.1 Å². The molecule has 2 aromatic heterocycles. The number of rotatable bonds is 5. The van der Waals surface area contributed by atoms with Crippen molar-refractivity contribution in [2.45, 2.75) is 39.5 Å². The minimum Gasteiger partial charge on any atom is -0.508 e. The van der Waals surface area contributed by atoms with Crippen molar-refractivity contribution in [2.75, 3.05) is 0 Å². The van der Waals surface area contributed by atoms with E-state index in [0.717, 1.165) is 38.9 Å². The van der Waals surface area contributed by atoms with Crippen LogP contribution in [0.25, 0.3) is 49.7 Å². The molecule has 5 aromatic rings. The van der Waals surface area contributed by atoms with Crippen molar-refractivity contribution in [2.24, 2.45) is 7.05 Å². The second-order valence-electron chi connectivity index (χ2n) is 10.3. The molecule has 0 fully saturated rings. The van der Waals surface area contributed by atoms with Gasteiger partial charge in [0.25, 0.3) is 0 Å². The summed E-state index contributed by atoms with van der Waals surface area (Å²) in [4.78, 5) is 13.4. The van der Waals surface area contributed by atoms with Crippen LogP contribution in [0.2, 0.25) is 0 Å². The molecule has 0 radical (unpaired) electrons. The maximum absolute atomic E-state index is 11.4. The van der Waals surface area contributed by atoms with Crippen LogP contribution in [0, 0.1) is 17.9 Å². The zero-order valence-corrected chi connectivity index (χ0v) is 22.7. The van der Waals surface area contributed by atoms with Gasteiger partial charge in [-0.1, -0.05) is 64.1 Å². The van der Waals surface area contributed by atoms with Gasteiger partial charge in [0.2, 0.25) is 5.69 Å². The molecule has 6 heteroatoms. The second kappa shape index (κ2) is 10.1. The van der Waals surface area contributed by atoms with Gasteiger partial charge in [-0.25, -0.2) is 9.83 Å². The fraction of sp³-hybridized carbons (Fsp3) is 0.212. The van der Waals surface area contributed by atoms with Crippen LogP contribution in [-0.4, -0.2) is 19.6 Å². The summed E-state index contributed by atoms with van der Waals surface area (Å²) in [6.45, 7) is 16.2. The van der Waals surface area contributed by atoms with Crippen molar-refractivity contribution in [3.63, 3.8) is 0 Å². The molecule has 3 aromatic carbocycles. The molecule has 192 valence electrons. The second-order valence-corrected chi connectivity index (χ2v) is 10.3. The average Bonchev–Trinajstić information content (AvgIpc) is 3.28. The number of phenolic OH excluding ortho intramolecular Hbond substituents is 1. The van der Waals surface area contributed by atoms with E-state index < -0.39 is 0 Å². The third-order valence-electron chi connectivity index (χ3n) is 7.20. The van der Waals surface area contributed by atoms with Crippen LogP contribution in [0.15, 0.2) is 66.9 Å². The van der Waals surface area contributed by atoms with E-state index >= 15 is 0 Å². The molecule has 0 aliphatic carbocycles. The zero-order valence-electron chi connectivity index (χ0n) is 22.7. The molecule has 0 aliphatic rings. The van der Waals surface area contributed by atoms with E-state index in [1.807, 2.05) is 74.0 Å². The molecule has 0 saturated heterocycles. The van der Waals surface area contributed by atoms with E-state index in [0.29, 0.717) is 28.3 Å². The highest BCUT2D eigenvalue weighted by atomic mass is 16.3. The zero-order chi connectivity index (χ0) is 27.8. The maximum atomic E-state index is 11.4. The number of fused-ring (bicyclic) bond motifs is 1. The van der Waals surface area contributed by atoms with Crippen molar-refractivity contribution >= 4 is 16.7 Å². The van der Waals surface area contributed by atoms with Gasteiger partial charge in [-0.05, 0) is 52.8 Å². The Kier molecular flexibility index (Phi) is 6.64. The number of pyridine rings is 1. The smallest absolute Gasteiger partial charge is 0.205 e. The Bertz CT molecular complexity index is 1820. The molecule has 6 nitrogen and oxygen atoms in total. The van der Waals surface area contributed by atoms with E-state index in [1.165, 1.54) is 0 Å². The Morgan fingerprint density at radius 2 is 1.67 bits per heavy atom. The monoisotopic (exact) mass is 511 g/mol. The number of aromatic hydroxyl groups is 1. The first-order chi connectivity index (χ1) is 18.8. The Morgan fingerprint density at radius 3 is 2.36 bits per heavy atom. The highest BCUT2D eigenvalue weighted by Gasteiger charge is 2.26. The Morgan fingerprint density at radius 1 is 0.949 bits per heavy atom. The number of nitriles is 1. The number of aromatic nitrogens is 3. The van der Waals surface area contributed by atoms with Crippen molar-refractivity contribution < 1.29 is 5.11 Å². The van der Waals surface area contributed by atoms with Gasteiger partial charge in [0, 0.05) is 24.4 Å². The first kappa shape index (κ1) is 25.7. The van der Waals surface area contributed by atoms with Crippen LogP contribution in [0.3, 0.4) is 0 Å². The number of hydrogen-bond donors (Lipinski definition) is 1. The van der Waals surface area contributed by atoms with Gasteiger partial charge >= 0.3 is 0 Å². The Balaban J connectivity index is 1.76. The first-order valence-corrected chi connectivity index (χ1v) is 13.0. The normalized spacial score (nSPS) is 11.2. The number of nitrogens with zero attached hydrogens (tertiary/aromatic N) is 5. The number of phenols is 1. The lowest BCUT2D eigenvalue weighted by molar-refractivity contribution is 0.466. The molecule has 0 atom stereocenters. The molecular weight excluding hydrogens is 482 g/mol. The fourth-order valence-electron chi connectivity index (χ4n) is 5.15. The van der Waals surface area contributed by atoms with Gasteiger partial charge in [0.05, 0.1) is 34.4 Å². The average molecular weight is 512 g/mol. The van der Waals surface area contributed by atoms with Crippen LogP contribution < -0.4 is 0 Å². The molecule has 0 amide bonds. The molecule has 0 aliphatic heterocycles. The molecule has 0 spiro atoms. The van der Waals surface area contributed by atoms with E-state index in [1.54, 1.807) is 18.3 Å². The van der Waals surface area contributed by atoms with Crippen LogP contribution in [0.1, 0.15) is 56.2 Å². The summed E-state index contributed by atoms with van der Waals surface area (Å²) >= 11 is 0. The maximum Gasteiger partial charge on any atom is 0.205 e. The molecular formula is C33H29N5O. The molecule has 1 N–H and O–H groups in total. The van der Waals surface area contributed by atoms with Crippen molar-refractivity contribution in [1.29, 1.82) is 5.26 Å².